The molecule has 0 aliphatic rings. The monoisotopic (exact) mass is 399 g/mol. The number of nitro groups is 1. The van der Waals surface area contributed by atoms with Crippen LogP contribution in [-0.4, -0.2) is 34.8 Å². The lowest BCUT2D eigenvalue weighted by molar-refractivity contribution is -0.385. The molecule has 0 spiro atoms. The molecule has 2 aromatic carbocycles. The molecule has 0 fully saturated rings. The molecule has 29 heavy (non-hydrogen) atoms. The Labute approximate surface area is 165 Å². The van der Waals surface area contributed by atoms with Crippen LogP contribution < -0.4 is 9.47 Å². The summed E-state index contributed by atoms with van der Waals surface area (Å²) < 4.78 is 21.0. The van der Waals surface area contributed by atoms with Crippen molar-refractivity contribution in [1.29, 1.82) is 0 Å². The van der Waals surface area contributed by atoms with Gasteiger partial charge in [-0.15, -0.1) is 10.2 Å². The van der Waals surface area contributed by atoms with Crippen LogP contribution in [0.25, 0.3) is 11.5 Å². The third-order valence-corrected chi connectivity index (χ3v) is 3.84. The maximum Gasteiger partial charge on any atom is 0.344 e. The van der Waals surface area contributed by atoms with Crippen LogP contribution in [0.15, 0.2) is 52.9 Å². The standard InChI is InChI=1S/C19H17N3O7/c1-12(18-20-21-19(29-18)13-7-9-14(26-2)10-8-13)28-17(23)11-27-16-6-4-3-5-15(16)22(24)25/h3-10,12H,11H2,1-2H3/t12-/m0/s1. The van der Waals surface area contributed by atoms with E-state index in [0.717, 1.165) is 0 Å². The fourth-order valence-corrected chi connectivity index (χ4v) is 2.40. The van der Waals surface area contributed by atoms with E-state index in [1.54, 1.807) is 44.4 Å². The van der Waals surface area contributed by atoms with Crippen LogP contribution in [0.5, 0.6) is 11.5 Å². The van der Waals surface area contributed by atoms with E-state index >= 15 is 0 Å². The fraction of sp³-hybridized carbons (Fsp3) is 0.211. The maximum atomic E-state index is 12.0. The number of para-hydroxylation sites is 2. The molecule has 0 amide bonds. The van der Waals surface area contributed by atoms with Crippen LogP contribution in [-0.2, 0) is 9.53 Å². The number of rotatable bonds is 8. The van der Waals surface area contributed by atoms with Crippen LogP contribution in [0.4, 0.5) is 5.69 Å². The average molecular weight is 399 g/mol. The molecule has 0 radical (unpaired) electrons. The molecule has 0 unspecified atom stereocenters. The molecule has 0 saturated carbocycles. The summed E-state index contributed by atoms with van der Waals surface area (Å²) in [5.41, 5.74) is 0.442. The average Bonchev–Trinajstić information content (AvgIpc) is 3.23. The molecule has 0 bridgehead atoms. The van der Waals surface area contributed by atoms with Crippen molar-refractivity contribution in [1.82, 2.24) is 10.2 Å². The lowest BCUT2D eigenvalue weighted by atomic mass is 10.2. The zero-order valence-corrected chi connectivity index (χ0v) is 15.6. The van der Waals surface area contributed by atoms with Crippen molar-refractivity contribution in [2.75, 3.05) is 13.7 Å². The van der Waals surface area contributed by atoms with Crippen molar-refractivity contribution >= 4 is 11.7 Å². The number of ether oxygens (including phenoxy) is 3. The van der Waals surface area contributed by atoms with E-state index in [1.165, 1.54) is 18.2 Å². The Bertz CT molecular complexity index is 1000. The first-order chi connectivity index (χ1) is 14.0. The second-order valence-corrected chi connectivity index (χ2v) is 5.82. The Kier molecular flexibility index (Phi) is 6.03. The number of carbonyl (C=O) groups is 1. The highest BCUT2D eigenvalue weighted by molar-refractivity contribution is 5.71. The van der Waals surface area contributed by atoms with E-state index in [1.807, 2.05) is 0 Å². The van der Waals surface area contributed by atoms with Gasteiger partial charge in [0.1, 0.15) is 5.75 Å². The van der Waals surface area contributed by atoms with E-state index in [-0.39, 0.29) is 23.2 Å². The van der Waals surface area contributed by atoms with Gasteiger partial charge in [0.15, 0.2) is 18.5 Å². The Balaban J connectivity index is 1.59. The molecular formula is C19H17N3O7. The molecule has 0 aliphatic heterocycles. The predicted octanol–water partition coefficient (Wildman–Crippen LogP) is 3.34. The highest BCUT2D eigenvalue weighted by Gasteiger charge is 2.21. The van der Waals surface area contributed by atoms with Crippen molar-refractivity contribution in [3.63, 3.8) is 0 Å². The first kappa shape index (κ1) is 19.8. The van der Waals surface area contributed by atoms with Crippen LogP contribution in [0.1, 0.15) is 18.9 Å². The minimum Gasteiger partial charge on any atom is -0.497 e. The molecule has 10 nitrogen and oxygen atoms in total. The molecule has 1 atom stereocenters. The van der Waals surface area contributed by atoms with Crippen molar-refractivity contribution in [2.45, 2.75) is 13.0 Å². The quantitative estimate of drug-likeness (QED) is 0.318. The topological polar surface area (TPSA) is 127 Å². The summed E-state index contributed by atoms with van der Waals surface area (Å²) in [6.45, 7) is 1.06. The number of methoxy groups -OCH3 is 1. The van der Waals surface area contributed by atoms with Gasteiger partial charge in [0.05, 0.1) is 12.0 Å². The molecule has 0 N–H and O–H groups in total. The highest BCUT2D eigenvalue weighted by Crippen LogP contribution is 2.26. The SMILES string of the molecule is COc1ccc(-c2nnc([C@H](C)OC(=O)COc3ccccc3[N+](=O)[O-])o2)cc1. The van der Waals surface area contributed by atoms with Crippen LogP contribution in [0, 0.1) is 10.1 Å². The van der Waals surface area contributed by atoms with E-state index in [2.05, 4.69) is 10.2 Å². The molecule has 3 rings (SSSR count). The molecule has 1 heterocycles. The number of hydrogen-bond acceptors (Lipinski definition) is 9. The molecule has 150 valence electrons. The van der Waals surface area contributed by atoms with Gasteiger partial charge in [-0.05, 0) is 37.3 Å². The van der Waals surface area contributed by atoms with Gasteiger partial charge in [-0.2, -0.15) is 0 Å². The van der Waals surface area contributed by atoms with E-state index in [4.69, 9.17) is 18.6 Å². The van der Waals surface area contributed by atoms with Crippen molar-refractivity contribution < 1.29 is 28.3 Å². The van der Waals surface area contributed by atoms with Crippen LogP contribution in [0.2, 0.25) is 0 Å². The van der Waals surface area contributed by atoms with Crippen molar-refractivity contribution in [3.8, 4) is 23.0 Å². The number of esters is 1. The van der Waals surface area contributed by atoms with Gasteiger partial charge in [-0.25, -0.2) is 4.79 Å². The first-order valence-electron chi connectivity index (χ1n) is 8.51. The van der Waals surface area contributed by atoms with Gasteiger partial charge >= 0.3 is 11.7 Å². The Morgan fingerprint density at radius 3 is 2.59 bits per heavy atom. The Morgan fingerprint density at radius 2 is 1.90 bits per heavy atom. The number of benzene rings is 2. The lowest BCUT2D eigenvalue weighted by Gasteiger charge is -2.10. The Hall–Kier alpha value is -3.95. The summed E-state index contributed by atoms with van der Waals surface area (Å²) in [6.07, 6.45) is -0.823. The summed E-state index contributed by atoms with van der Waals surface area (Å²) in [5.74, 6) is 0.299. The van der Waals surface area contributed by atoms with Gasteiger partial charge < -0.3 is 18.6 Å². The van der Waals surface area contributed by atoms with E-state index in [9.17, 15) is 14.9 Å². The van der Waals surface area contributed by atoms with Gasteiger partial charge in [-0.1, -0.05) is 12.1 Å². The zero-order chi connectivity index (χ0) is 20.8. The fourth-order valence-electron chi connectivity index (χ4n) is 2.40. The molecule has 0 saturated heterocycles. The second kappa shape index (κ2) is 8.83. The van der Waals surface area contributed by atoms with Gasteiger partial charge in [-0.3, -0.25) is 10.1 Å². The van der Waals surface area contributed by atoms with Crippen molar-refractivity contribution in [2.24, 2.45) is 0 Å². The summed E-state index contributed by atoms with van der Waals surface area (Å²) in [4.78, 5) is 22.4. The number of hydrogen-bond donors (Lipinski definition) is 0. The number of aromatic nitrogens is 2. The predicted molar refractivity (Wildman–Crippen MR) is 99.4 cm³/mol. The van der Waals surface area contributed by atoms with Gasteiger partial charge in [0, 0.05) is 11.6 Å². The summed E-state index contributed by atoms with van der Waals surface area (Å²) in [6, 6.07) is 12.8. The summed E-state index contributed by atoms with van der Waals surface area (Å²) in [5, 5.41) is 18.8. The zero-order valence-electron chi connectivity index (χ0n) is 15.6. The lowest BCUT2D eigenvalue weighted by Crippen LogP contribution is -2.17. The molecule has 0 aliphatic carbocycles. The first-order valence-corrected chi connectivity index (χ1v) is 8.51. The van der Waals surface area contributed by atoms with Crippen LogP contribution in [0.3, 0.4) is 0 Å². The Morgan fingerprint density at radius 1 is 1.17 bits per heavy atom. The summed E-state index contributed by atoms with van der Waals surface area (Å²) >= 11 is 0. The maximum absolute atomic E-state index is 12.0. The number of carbonyl (C=O) groups excluding carboxylic acids is 1. The third-order valence-electron chi connectivity index (χ3n) is 3.84. The number of nitro benzene ring substituents is 1. The number of nitrogens with zero attached hydrogens (tertiary/aromatic N) is 3. The van der Waals surface area contributed by atoms with Gasteiger partial charge in [0.25, 0.3) is 5.89 Å². The minimum absolute atomic E-state index is 0.0262. The van der Waals surface area contributed by atoms with Gasteiger partial charge in [0.2, 0.25) is 5.89 Å². The molecule has 1 aromatic heterocycles. The highest BCUT2D eigenvalue weighted by atomic mass is 16.6. The largest absolute Gasteiger partial charge is 0.497 e. The van der Waals surface area contributed by atoms with Crippen molar-refractivity contribution in [3.05, 3.63) is 64.5 Å². The van der Waals surface area contributed by atoms with E-state index in [0.29, 0.717) is 11.3 Å². The molecule has 10 heteroatoms. The van der Waals surface area contributed by atoms with E-state index < -0.39 is 23.6 Å². The smallest absolute Gasteiger partial charge is 0.344 e. The normalized spacial score (nSPS) is 11.5. The second-order valence-electron chi connectivity index (χ2n) is 5.82. The van der Waals surface area contributed by atoms with Crippen LogP contribution >= 0.6 is 0 Å². The molecule has 3 aromatic rings. The minimum atomic E-state index is -0.823. The third kappa shape index (κ3) is 4.86. The summed E-state index contributed by atoms with van der Waals surface area (Å²) in [7, 11) is 1.57. The molecular weight excluding hydrogens is 382 g/mol.